The SMILES string of the molecule is CCCCCCC=CCCCl. The maximum absolute atomic E-state index is 5.51. The van der Waals surface area contributed by atoms with Gasteiger partial charge in [0, 0.05) is 5.88 Å². The van der Waals surface area contributed by atoms with Crippen molar-refractivity contribution < 1.29 is 0 Å². The van der Waals surface area contributed by atoms with Gasteiger partial charge in [0.15, 0.2) is 0 Å². The number of hydrogen-bond acceptors (Lipinski definition) is 0. The van der Waals surface area contributed by atoms with Crippen molar-refractivity contribution in [3.05, 3.63) is 12.2 Å². The summed E-state index contributed by atoms with van der Waals surface area (Å²) < 4.78 is 0. The molecule has 0 atom stereocenters. The van der Waals surface area contributed by atoms with Gasteiger partial charge in [-0.15, -0.1) is 11.6 Å². The summed E-state index contributed by atoms with van der Waals surface area (Å²) in [6.45, 7) is 2.24. The van der Waals surface area contributed by atoms with E-state index in [4.69, 9.17) is 11.6 Å². The van der Waals surface area contributed by atoms with Crippen molar-refractivity contribution >= 4 is 11.6 Å². The molecule has 0 nitrogen and oxygen atoms in total. The summed E-state index contributed by atoms with van der Waals surface area (Å²) in [6.07, 6.45) is 12.1. The Balaban J connectivity index is 2.89. The Labute approximate surface area is 75.6 Å². The highest BCUT2D eigenvalue weighted by molar-refractivity contribution is 6.17. The first-order valence-electron chi connectivity index (χ1n) is 4.62. The monoisotopic (exact) mass is 174 g/mol. The van der Waals surface area contributed by atoms with Crippen LogP contribution in [0.2, 0.25) is 0 Å². The zero-order chi connectivity index (χ0) is 8.36. The largest absolute Gasteiger partial charge is 0.126 e. The van der Waals surface area contributed by atoms with Crippen LogP contribution in [0.25, 0.3) is 0 Å². The molecule has 0 amide bonds. The van der Waals surface area contributed by atoms with Gasteiger partial charge in [-0.1, -0.05) is 38.3 Å². The summed E-state index contributed by atoms with van der Waals surface area (Å²) in [6, 6.07) is 0. The Morgan fingerprint density at radius 3 is 2.36 bits per heavy atom. The van der Waals surface area contributed by atoms with Crippen LogP contribution in [-0.4, -0.2) is 5.88 Å². The molecule has 0 saturated heterocycles. The second-order valence-corrected chi connectivity index (χ2v) is 3.18. The Kier molecular flexibility index (Phi) is 10.1. The van der Waals surface area contributed by atoms with Crippen LogP contribution in [0.1, 0.15) is 45.4 Å². The summed E-state index contributed by atoms with van der Waals surface area (Å²) in [5.74, 6) is 0.755. The Bertz CT molecular complexity index is 86.9. The van der Waals surface area contributed by atoms with Crippen LogP contribution in [0, 0.1) is 0 Å². The lowest BCUT2D eigenvalue weighted by molar-refractivity contribution is 0.674. The Hall–Kier alpha value is 0.0300. The lowest BCUT2D eigenvalue weighted by Crippen LogP contribution is -1.74. The van der Waals surface area contributed by atoms with Crippen molar-refractivity contribution in [2.45, 2.75) is 45.4 Å². The first-order chi connectivity index (χ1) is 5.41. The predicted molar refractivity (Wildman–Crippen MR) is 53.2 cm³/mol. The molecule has 0 aliphatic heterocycles. The smallest absolute Gasteiger partial charge is 0.0257 e. The molecule has 0 spiro atoms. The lowest BCUT2D eigenvalue weighted by atomic mass is 10.1. The standard InChI is InChI=1S/C10H19Cl/c1-2-3-4-5-6-7-8-9-10-11/h7-8H,2-6,9-10H2,1H3. The fourth-order valence-electron chi connectivity index (χ4n) is 0.988. The Morgan fingerprint density at radius 1 is 1.00 bits per heavy atom. The molecular formula is C10H19Cl. The van der Waals surface area contributed by atoms with Crippen molar-refractivity contribution in [3.63, 3.8) is 0 Å². The third-order valence-corrected chi connectivity index (χ3v) is 1.89. The second kappa shape index (κ2) is 10.0. The van der Waals surface area contributed by atoms with Gasteiger partial charge in [-0.05, 0) is 19.3 Å². The lowest BCUT2D eigenvalue weighted by Gasteiger charge is -1.93. The average Bonchev–Trinajstić information content (AvgIpc) is 2.03. The quantitative estimate of drug-likeness (QED) is 0.309. The summed E-state index contributed by atoms with van der Waals surface area (Å²) in [5, 5.41) is 0. The van der Waals surface area contributed by atoms with E-state index in [1.54, 1.807) is 0 Å². The number of hydrogen-bond donors (Lipinski definition) is 0. The van der Waals surface area contributed by atoms with Crippen molar-refractivity contribution in [2.75, 3.05) is 5.88 Å². The number of allylic oxidation sites excluding steroid dienone is 2. The van der Waals surface area contributed by atoms with Crippen LogP contribution in [-0.2, 0) is 0 Å². The summed E-state index contributed by atoms with van der Waals surface area (Å²) >= 11 is 5.51. The molecule has 66 valence electrons. The molecule has 0 rings (SSSR count). The molecule has 0 radical (unpaired) electrons. The molecule has 1 heteroatoms. The average molecular weight is 175 g/mol. The van der Waals surface area contributed by atoms with Crippen molar-refractivity contribution in [1.29, 1.82) is 0 Å². The van der Waals surface area contributed by atoms with Gasteiger partial charge in [-0.2, -0.15) is 0 Å². The fourth-order valence-corrected chi connectivity index (χ4v) is 1.11. The van der Waals surface area contributed by atoms with Crippen LogP contribution in [0.4, 0.5) is 0 Å². The van der Waals surface area contributed by atoms with E-state index in [1.807, 2.05) is 0 Å². The maximum Gasteiger partial charge on any atom is 0.0257 e. The third-order valence-electron chi connectivity index (χ3n) is 1.67. The first-order valence-corrected chi connectivity index (χ1v) is 5.16. The van der Waals surface area contributed by atoms with Gasteiger partial charge in [0.1, 0.15) is 0 Å². The van der Waals surface area contributed by atoms with Gasteiger partial charge in [-0.3, -0.25) is 0 Å². The molecule has 0 unspecified atom stereocenters. The van der Waals surface area contributed by atoms with E-state index in [0.29, 0.717) is 0 Å². The number of halogens is 1. The molecule has 0 heterocycles. The van der Waals surface area contributed by atoms with E-state index in [-0.39, 0.29) is 0 Å². The highest BCUT2D eigenvalue weighted by Gasteiger charge is 1.83. The zero-order valence-electron chi connectivity index (χ0n) is 7.48. The molecule has 11 heavy (non-hydrogen) atoms. The summed E-state index contributed by atoms with van der Waals surface area (Å²) in [4.78, 5) is 0. The van der Waals surface area contributed by atoms with Crippen molar-refractivity contribution in [2.24, 2.45) is 0 Å². The van der Waals surface area contributed by atoms with Crippen molar-refractivity contribution in [3.8, 4) is 0 Å². The van der Waals surface area contributed by atoms with Crippen molar-refractivity contribution in [1.82, 2.24) is 0 Å². The molecule has 0 aliphatic carbocycles. The number of alkyl halides is 1. The zero-order valence-corrected chi connectivity index (χ0v) is 8.24. The molecule has 0 fully saturated rings. The van der Waals surface area contributed by atoms with E-state index in [2.05, 4.69) is 19.1 Å². The Morgan fingerprint density at radius 2 is 1.73 bits per heavy atom. The minimum absolute atomic E-state index is 0.755. The normalized spacial score (nSPS) is 11.1. The second-order valence-electron chi connectivity index (χ2n) is 2.80. The van der Waals surface area contributed by atoms with Crippen LogP contribution in [0.5, 0.6) is 0 Å². The van der Waals surface area contributed by atoms with Gasteiger partial charge in [-0.25, -0.2) is 0 Å². The molecule has 0 saturated carbocycles. The van der Waals surface area contributed by atoms with Gasteiger partial charge in [0.25, 0.3) is 0 Å². The molecule has 0 N–H and O–H groups in total. The maximum atomic E-state index is 5.51. The molecule has 0 aromatic heterocycles. The van der Waals surface area contributed by atoms with Crippen LogP contribution in [0.15, 0.2) is 12.2 Å². The van der Waals surface area contributed by atoms with Gasteiger partial charge in [0.05, 0.1) is 0 Å². The molecule has 0 aromatic rings. The van der Waals surface area contributed by atoms with E-state index in [1.165, 1.54) is 32.1 Å². The van der Waals surface area contributed by atoms with E-state index >= 15 is 0 Å². The number of rotatable bonds is 7. The van der Waals surface area contributed by atoms with Gasteiger partial charge >= 0.3 is 0 Å². The topological polar surface area (TPSA) is 0 Å². The van der Waals surface area contributed by atoms with Gasteiger partial charge < -0.3 is 0 Å². The molecular weight excluding hydrogens is 156 g/mol. The molecule has 0 bridgehead atoms. The minimum atomic E-state index is 0.755. The van der Waals surface area contributed by atoms with E-state index in [9.17, 15) is 0 Å². The fraction of sp³-hybridized carbons (Fsp3) is 0.800. The third kappa shape index (κ3) is 10.0. The summed E-state index contributed by atoms with van der Waals surface area (Å²) in [5.41, 5.74) is 0. The van der Waals surface area contributed by atoms with Gasteiger partial charge in [0.2, 0.25) is 0 Å². The van der Waals surface area contributed by atoms with Crippen LogP contribution < -0.4 is 0 Å². The molecule has 0 aromatic carbocycles. The minimum Gasteiger partial charge on any atom is -0.126 e. The van der Waals surface area contributed by atoms with Crippen LogP contribution in [0.3, 0.4) is 0 Å². The van der Waals surface area contributed by atoms with E-state index in [0.717, 1.165) is 12.3 Å². The first kappa shape index (κ1) is 11.0. The van der Waals surface area contributed by atoms with Crippen LogP contribution >= 0.6 is 11.6 Å². The highest BCUT2D eigenvalue weighted by Crippen LogP contribution is 2.03. The predicted octanol–water partition coefficient (Wildman–Crippen LogP) is 4.14. The summed E-state index contributed by atoms with van der Waals surface area (Å²) in [7, 11) is 0. The number of unbranched alkanes of at least 4 members (excludes halogenated alkanes) is 4. The molecule has 0 aliphatic rings. The van der Waals surface area contributed by atoms with E-state index < -0.39 is 0 Å². The highest BCUT2D eigenvalue weighted by atomic mass is 35.5.